The quantitative estimate of drug-likeness (QED) is 0.138. The van der Waals surface area contributed by atoms with Crippen LogP contribution in [0.1, 0.15) is 109 Å². The van der Waals surface area contributed by atoms with Crippen LogP contribution in [0.5, 0.6) is 0 Å². The number of pyridine rings is 1. The molecule has 412 valence electrons. The molecule has 1 aromatic carbocycles. The number of carbonyl (C=O) groups is 3. The number of rotatable bonds is 13. The van der Waals surface area contributed by atoms with Gasteiger partial charge in [-0.3, -0.25) is 34.2 Å². The van der Waals surface area contributed by atoms with E-state index in [1.807, 2.05) is 6.20 Å². The number of esters is 1. The minimum absolute atomic E-state index is 0.113. The Kier molecular flexibility index (Phi) is 15.7. The average molecular weight is 1050 g/mol. The highest BCUT2D eigenvalue weighted by Crippen LogP contribution is 2.51. The summed E-state index contributed by atoms with van der Waals surface area (Å²) in [6.07, 6.45) is 9.34. The molecular weight excluding hydrogens is 967 g/mol. The van der Waals surface area contributed by atoms with Crippen molar-refractivity contribution < 1.29 is 42.5 Å². The van der Waals surface area contributed by atoms with E-state index in [1.165, 1.54) is 17.9 Å². The Hall–Kier alpha value is -4.95. The first-order chi connectivity index (χ1) is 36.8. The van der Waals surface area contributed by atoms with Gasteiger partial charge in [-0.1, -0.05) is 34.6 Å². The molecular formula is C58H81N9O9. The number of morpholine rings is 1. The first-order valence-corrected chi connectivity index (χ1v) is 28.5. The van der Waals surface area contributed by atoms with Gasteiger partial charge in [0.25, 0.3) is 5.91 Å². The first kappa shape index (κ1) is 53.1. The molecule has 3 aromatic heterocycles. The van der Waals surface area contributed by atoms with Crippen molar-refractivity contribution in [2.75, 3.05) is 97.5 Å². The maximum absolute atomic E-state index is 15.2. The van der Waals surface area contributed by atoms with Crippen LogP contribution in [0.3, 0.4) is 0 Å². The van der Waals surface area contributed by atoms with Crippen LogP contribution in [0.25, 0.3) is 33.6 Å². The van der Waals surface area contributed by atoms with Gasteiger partial charge in [-0.15, -0.1) is 0 Å². The molecule has 4 aromatic rings. The summed E-state index contributed by atoms with van der Waals surface area (Å²) in [6.45, 7) is 21.5. The van der Waals surface area contributed by atoms with Gasteiger partial charge in [0.05, 0.1) is 73.6 Å². The summed E-state index contributed by atoms with van der Waals surface area (Å²) in [5, 5.41) is 5.81. The second-order valence-electron chi connectivity index (χ2n) is 23.8. The number of fused-ring (bicyclic) bond motifs is 6. The zero-order valence-corrected chi connectivity index (χ0v) is 45.9. The van der Waals surface area contributed by atoms with E-state index in [9.17, 15) is 9.59 Å². The van der Waals surface area contributed by atoms with E-state index in [0.29, 0.717) is 96.0 Å². The zero-order valence-electron chi connectivity index (χ0n) is 45.9. The summed E-state index contributed by atoms with van der Waals surface area (Å²) in [5.74, 6) is -0.0275. The number of aromatic nitrogens is 3. The molecule has 18 heteroatoms. The highest BCUT2D eigenvalue weighted by molar-refractivity contribution is 5.95. The molecule has 11 rings (SSSR count). The maximum Gasteiger partial charge on any atom is 0.324 e. The summed E-state index contributed by atoms with van der Waals surface area (Å²) in [5.41, 5.74) is 10.0. The van der Waals surface area contributed by atoms with Crippen LogP contribution in [-0.2, 0) is 51.0 Å². The number of amides is 2. The predicted octanol–water partition coefficient (Wildman–Crippen LogP) is 6.56. The average Bonchev–Trinajstić information content (AvgIpc) is 4.38. The molecule has 76 heavy (non-hydrogen) atoms. The largest absolute Gasteiger partial charge is 0.464 e. The van der Waals surface area contributed by atoms with Crippen LogP contribution in [0.15, 0.2) is 41.1 Å². The summed E-state index contributed by atoms with van der Waals surface area (Å²) in [7, 11) is 1.73. The van der Waals surface area contributed by atoms with Crippen LogP contribution in [-0.4, -0.2) is 164 Å². The van der Waals surface area contributed by atoms with Gasteiger partial charge in [0.15, 0.2) is 0 Å². The van der Waals surface area contributed by atoms with Gasteiger partial charge in [-0.2, -0.15) is 0 Å². The third kappa shape index (κ3) is 11.1. The number of methoxy groups -OCH3 is 1. The molecule has 0 radical (unpaired) electrons. The maximum atomic E-state index is 15.2. The number of piperazine rings is 1. The minimum Gasteiger partial charge on any atom is -0.464 e. The van der Waals surface area contributed by atoms with E-state index >= 15 is 4.79 Å². The normalized spacial score (nSPS) is 27.6. The number of carbonyl (C=O) groups excluding carboxylic acids is 3. The van der Waals surface area contributed by atoms with Gasteiger partial charge >= 0.3 is 5.97 Å². The topological polar surface area (TPSA) is 178 Å². The van der Waals surface area contributed by atoms with E-state index in [-0.39, 0.29) is 48.4 Å². The number of hydrazine groups is 1. The number of nitrogens with zero attached hydrogens (tertiary/aromatic N) is 7. The second-order valence-corrected chi connectivity index (χ2v) is 23.8. The smallest absolute Gasteiger partial charge is 0.324 e. The molecule has 2 saturated carbocycles. The number of hydrogen-bond acceptors (Lipinski definition) is 15. The molecule has 2 N–H and O–H groups in total. The molecule has 0 unspecified atom stereocenters. The summed E-state index contributed by atoms with van der Waals surface area (Å²) >= 11 is 0. The molecule has 5 aliphatic heterocycles. The molecule has 8 heterocycles. The van der Waals surface area contributed by atoms with Gasteiger partial charge in [0.2, 0.25) is 11.8 Å². The number of nitrogens with one attached hydrogen (secondary N) is 2. The Bertz CT molecular complexity index is 2720. The number of cyclic esters (lactones) is 1. The lowest BCUT2D eigenvalue weighted by Gasteiger charge is -2.41. The van der Waals surface area contributed by atoms with Crippen molar-refractivity contribution in [3.8, 4) is 22.7 Å². The van der Waals surface area contributed by atoms with Gasteiger partial charge in [0.1, 0.15) is 18.3 Å². The standard InChI is InChI=1S/C58H81N9O9/c1-35(2)48-36(3)49(48)54(68)61-51-53(65-21-26-73-27-22-65)46-33-75-55(60-46)38-10-13-47-42(29-38)44(31-58(5,6)34-76-57(70)45-9-8-16-67(62-45)56(51)69)52(66(47)23-28-74-41-14-24-72-25-15-41)43-30-40(32-59-50(43)37(4)71-7)64-19-17-63(18-20-64)39-11-12-39/h10,13,29-30,32-33,35-37,39,41,45,48-49,51,53,62H,8-9,11-12,14-28,31,34H2,1-7H3,(H,61,68)/t36-,37+,45+,48+,49+,51+,53-/m1/s1. The van der Waals surface area contributed by atoms with Crippen LogP contribution >= 0.6 is 0 Å². The highest BCUT2D eigenvalue weighted by Gasteiger charge is 2.54. The summed E-state index contributed by atoms with van der Waals surface area (Å²) < 4.78 is 39.6. The fourth-order valence-corrected chi connectivity index (χ4v) is 13.1. The fraction of sp³-hybridized carbons (Fsp3) is 0.672. The number of hydrogen-bond donors (Lipinski definition) is 2. The SMILES string of the molecule is CO[C@@H](C)c1ncc(N2CCN(C3CC3)CC2)cc1-c1c2c3cc(ccc3n1CCOC1CCOCC1)-c1nc(co1)[C@@H](N1CCOCC1)[C@H](NC(=O)[C@H]1[C@H](C)[C@@H]1C(C)C)C(=O)N1CCC[C@H](N1)C(=O)OCC(C)(C)C2. The monoisotopic (exact) mass is 1050 g/mol. The lowest BCUT2D eigenvalue weighted by atomic mass is 9.84. The van der Waals surface area contributed by atoms with Crippen LogP contribution in [0, 0.1) is 29.1 Å². The van der Waals surface area contributed by atoms with E-state index in [4.69, 9.17) is 38.1 Å². The Labute approximate surface area is 447 Å². The Morgan fingerprint density at radius 3 is 2.42 bits per heavy atom. The first-order valence-electron chi connectivity index (χ1n) is 28.5. The number of oxazole rings is 1. The van der Waals surface area contributed by atoms with Crippen molar-refractivity contribution in [2.45, 2.75) is 129 Å². The molecule has 2 amide bonds. The van der Waals surface area contributed by atoms with Crippen LogP contribution in [0.2, 0.25) is 0 Å². The van der Waals surface area contributed by atoms with Crippen LogP contribution < -0.4 is 15.6 Å². The lowest BCUT2D eigenvalue weighted by molar-refractivity contribution is -0.156. The molecule has 6 bridgehead atoms. The van der Waals surface area contributed by atoms with E-state index in [2.05, 4.69) is 95.8 Å². The van der Waals surface area contributed by atoms with E-state index < -0.39 is 29.5 Å². The van der Waals surface area contributed by atoms with E-state index in [1.54, 1.807) is 13.4 Å². The van der Waals surface area contributed by atoms with Crippen molar-refractivity contribution in [3.63, 3.8) is 0 Å². The summed E-state index contributed by atoms with van der Waals surface area (Å²) in [6, 6.07) is 6.89. The van der Waals surface area contributed by atoms with Gasteiger partial charge in [-0.05, 0) is 99.5 Å². The van der Waals surface area contributed by atoms with Crippen molar-refractivity contribution in [1.82, 2.24) is 40.1 Å². The predicted molar refractivity (Wildman–Crippen MR) is 287 cm³/mol. The molecule has 2 aliphatic carbocycles. The third-order valence-electron chi connectivity index (χ3n) is 17.6. The second kappa shape index (κ2) is 22.4. The van der Waals surface area contributed by atoms with Gasteiger partial charge in [-0.25, -0.2) is 10.4 Å². The number of anilines is 1. The third-order valence-corrected chi connectivity index (χ3v) is 17.6. The summed E-state index contributed by atoms with van der Waals surface area (Å²) in [4.78, 5) is 61.9. The van der Waals surface area contributed by atoms with Crippen molar-refractivity contribution >= 4 is 34.4 Å². The lowest BCUT2D eigenvalue weighted by Crippen LogP contribution is -2.63. The molecule has 7 aliphatic rings. The fourth-order valence-electron chi connectivity index (χ4n) is 13.1. The van der Waals surface area contributed by atoms with Crippen molar-refractivity contribution in [1.29, 1.82) is 0 Å². The highest BCUT2D eigenvalue weighted by atomic mass is 16.5. The van der Waals surface area contributed by atoms with Gasteiger partial charge < -0.3 is 42.9 Å². The number of ether oxygens (including phenoxy) is 5. The molecule has 4 saturated heterocycles. The Morgan fingerprint density at radius 1 is 0.934 bits per heavy atom. The Balaban J connectivity index is 1.06. The van der Waals surface area contributed by atoms with E-state index in [0.717, 1.165) is 89.7 Å². The molecule has 18 nitrogen and oxygen atoms in total. The van der Waals surface area contributed by atoms with Crippen molar-refractivity contribution in [2.24, 2.45) is 29.1 Å². The minimum atomic E-state index is -1.06. The van der Waals surface area contributed by atoms with Crippen LogP contribution in [0.4, 0.5) is 5.69 Å². The molecule has 0 spiro atoms. The van der Waals surface area contributed by atoms with Crippen molar-refractivity contribution in [3.05, 3.63) is 53.7 Å². The Morgan fingerprint density at radius 2 is 1.70 bits per heavy atom. The van der Waals surface area contributed by atoms with Gasteiger partial charge in [0, 0.05) is 112 Å². The zero-order chi connectivity index (χ0) is 52.8. The molecule has 7 atom stereocenters. The number of benzene rings is 1. The molecule has 6 fully saturated rings.